The van der Waals surface area contributed by atoms with Gasteiger partial charge in [0.2, 0.25) is 0 Å². The van der Waals surface area contributed by atoms with E-state index in [9.17, 15) is 14.7 Å². The highest BCUT2D eigenvalue weighted by Crippen LogP contribution is 2.27. The monoisotopic (exact) mass is 304 g/mol. The van der Waals surface area contributed by atoms with Gasteiger partial charge in [-0.2, -0.15) is 0 Å². The Kier molecular flexibility index (Phi) is 4.56. The minimum absolute atomic E-state index is 0.0185. The van der Waals surface area contributed by atoms with Crippen molar-refractivity contribution < 1.29 is 14.7 Å². The van der Waals surface area contributed by atoms with Crippen LogP contribution in [0.5, 0.6) is 0 Å². The Morgan fingerprint density at radius 1 is 1.14 bits per heavy atom. The number of aryl methyl sites for hydroxylation is 2. The molecular weight excluding hydrogens is 280 g/mol. The Hall–Kier alpha value is -1.88. The summed E-state index contributed by atoms with van der Waals surface area (Å²) in [5.74, 6) is -0.245. The molecule has 1 aromatic carbocycles. The van der Waals surface area contributed by atoms with Crippen LogP contribution in [-0.2, 0) is 4.79 Å². The third-order valence-corrected chi connectivity index (χ3v) is 4.44. The number of rotatable bonds is 5. The first-order valence-corrected chi connectivity index (χ1v) is 7.73. The van der Waals surface area contributed by atoms with E-state index < -0.39 is 17.7 Å². The standard InChI is InChI=1S/C17H24N2O3/c1-5-17(6-2)15(21)19(16(22)18-17)10-14(20)13-8-11(3)7-12(4)9-13/h7-9,14,20H,5-6,10H2,1-4H3,(H,18,22). The Morgan fingerprint density at radius 3 is 2.14 bits per heavy atom. The molecule has 2 rings (SSSR count). The summed E-state index contributed by atoms with van der Waals surface area (Å²) in [6.45, 7) is 7.65. The average molecular weight is 304 g/mol. The molecule has 1 aliphatic rings. The van der Waals surface area contributed by atoms with Crippen molar-refractivity contribution in [2.45, 2.75) is 52.2 Å². The van der Waals surface area contributed by atoms with Gasteiger partial charge in [0, 0.05) is 0 Å². The number of hydrogen-bond acceptors (Lipinski definition) is 3. The Morgan fingerprint density at radius 2 is 1.68 bits per heavy atom. The number of urea groups is 1. The molecule has 0 spiro atoms. The van der Waals surface area contributed by atoms with Crippen LogP contribution in [0.4, 0.5) is 4.79 Å². The Bertz CT molecular complexity index is 573. The Labute approximate surface area is 131 Å². The van der Waals surface area contributed by atoms with Crippen molar-refractivity contribution in [3.63, 3.8) is 0 Å². The number of nitrogens with zero attached hydrogens (tertiary/aromatic N) is 1. The third-order valence-electron chi connectivity index (χ3n) is 4.44. The van der Waals surface area contributed by atoms with Crippen LogP contribution in [0, 0.1) is 13.8 Å². The average Bonchev–Trinajstić information content (AvgIpc) is 2.70. The second-order valence-corrected chi connectivity index (χ2v) is 6.07. The summed E-state index contributed by atoms with van der Waals surface area (Å²) < 4.78 is 0. The van der Waals surface area contributed by atoms with Crippen LogP contribution in [-0.4, -0.2) is 34.0 Å². The Balaban J connectivity index is 2.19. The number of carbonyl (C=O) groups is 2. The van der Waals surface area contributed by atoms with Gasteiger partial charge in [-0.3, -0.25) is 9.69 Å². The van der Waals surface area contributed by atoms with Gasteiger partial charge in [0.15, 0.2) is 0 Å². The van der Waals surface area contributed by atoms with Gasteiger partial charge >= 0.3 is 6.03 Å². The van der Waals surface area contributed by atoms with Crippen molar-refractivity contribution in [1.82, 2.24) is 10.2 Å². The normalized spacial score (nSPS) is 18.5. The summed E-state index contributed by atoms with van der Waals surface area (Å²) in [6.07, 6.45) is 0.215. The van der Waals surface area contributed by atoms with E-state index in [2.05, 4.69) is 5.32 Å². The van der Waals surface area contributed by atoms with Crippen LogP contribution in [0.1, 0.15) is 49.5 Å². The molecule has 5 heteroatoms. The molecule has 1 heterocycles. The minimum atomic E-state index is -0.877. The number of benzene rings is 1. The number of amides is 3. The summed E-state index contributed by atoms with van der Waals surface area (Å²) in [5.41, 5.74) is 1.99. The number of aliphatic hydroxyl groups is 1. The van der Waals surface area contributed by atoms with Crippen LogP contribution in [0.3, 0.4) is 0 Å². The van der Waals surface area contributed by atoms with Gasteiger partial charge in [-0.05, 0) is 32.3 Å². The van der Waals surface area contributed by atoms with E-state index in [4.69, 9.17) is 0 Å². The molecule has 0 radical (unpaired) electrons. The second kappa shape index (κ2) is 6.08. The van der Waals surface area contributed by atoms with E-state index in [1.54, 1.807) is 0 Å². The fourth-order valence-corrected chi connectivity index (χ4v) is 3.05. The van der Waals surface area contributed by atoms with Gasteiger partial charge in [0.1, 0.15) is 5.54 Å². The summed E-state index contributed by atoms with van der Waals surface area (Å²) in [4.78, 5) is 25.8. The lowest BCUT2D eigenvalue weighted by atomic mass is 9.93. The zero-order valence-corrected chi connectivity index (χ0v) is 13.6. The van der Waals surface area contributed by atoms with Gasteiger partial charge in [-0.1, -0.05) is 43.2 Å². The number of aliphatic hydroxyl groups excluding tert-OH is 1. The quantitative estimate of drug-likeness (QED) is 0.821. The lowest BCUT2D eigenvalue weighted by molar-refractivity contribution is -0.132. The molecule has 0 bridgehead atoms. The van der Waals surface area contributed by atoms with E-state index in [1.807, 2.05) is 45.9 Å². The van der Waals surface area contributed by atoms with E-state index in [1.165, 1.54) is 0 Å². The molecule has 1 aliphatic heterocycles. The topological polar surface area (TPSA) is 69.6 Å². The maximum absolute atomic E-state index is 12.5. The fourth-order valence-electron chi connectivity index (χ4n) is 3.05. The highest BCUT2D eigenvalue weighted by atomic mass is 16.3. The predicted octanol–water partition coefficient (Wildman–Crippen LogP) is 2.45. The lowest BCUT2D eigenvalue weighted by Crippen LogP contribution is -2.46. The molecule has 1 atom stereocenters. The van der Waals surface area contributed by atoms with Gasteiger partial charge < -0.3 is 10.4 Å². The molecule has 22 heavy (non-hydrogen) atoms. The number of hydrogen-bond donors (Lipinski definition) is 2. The van der Waals surface area contributed by atoms with E-state index in [0.29, 0.717) is 12.8 Å². The molecule has 1 saturated heterocycles. The first kappa shape index (κ1) is 16.5. The van der Waals surface area contributed by atoms with Crippen LogP contribution in [0.15, 0.2) is 18.2 Å². The van der Waals surface area contributed by atoms with E-state index >= 15 is 0 Å². The van der Waals surface area contributed by atoms with Gasteiger partial charge in [0.25, 0.3) is 5.91 Å². The largest absolute Gasteiger partial charge is 0.387 e. The van der Waals surface area contributed by atoms with Crippen molar-refractivity contribution in [2.24, 2.45) is 0 Å². The maximum atomic E-state index is 12.5. The molecule has 0 saturated carbocycles. The lowest BCUT2D eigenvalue weighted by Gasteiger charge is -2.24. The SMILES string of the molecule is CCC1(CC)NC(=O)N(CC(O)c2cc(C)cc(C)c2)C1=O. The molecule has 120 valence electrons. The molecule has 1 unspecified atom stereocenters. The minimum Gasteiger partial charge on any atom is -0.387 e. The van der Waals surface area contributed by atoms with Crippen LogP contribution in [0.2, 0.25) is 0 Å². The molecular formula is C17H24N2O3. The van der Waals surface area contributed by atoms with Crippen molar-refractivity contribution in [3.05, 3.63) is 34.9 Å². The highest BCUT2D eigenvalue weighted by Gasteiger charge is 2.49. The molecule has 1 fully saturated rings. The number of β-amino-alcohol motifs (C(OH)–C–C–N with tert-alkyl or cyclic N) is 1. The highest BCUT2D eigenvalue weighted by molar-refractivity contribution is 6.07. The van der Waals surface area contributed by atoms with Crippen LogP contribution >= 0.6 is 0 Å². The van der Waals surface area contributed by atoms with Crippen LogP contribution < -0.4 is 5.32 Å². The fraction of sp³-hybridized carbons (Fsp3) is 0.529. The zero-order chi connectivity index (χ0) is 16.5. The molecule has 2 N–H and O–H groups in total. The summed E-state index contributed by atoms with van der Waals surface area (Å²) in [6, 6.07) is 5.35. The summed E-state index contributed by atoms with van der Waals surface area (Å²) in [5, 5.41) is 13.2. The summed E-state index contributed by atoms with van der Waals surface area (Å²) in [7, 11) is 0. The van der Waals surface area contributed by atoms with Crippen molar-refractivity contribution in [2.75, 3.05) is 6.54 Å². The van der Waals surface area contributed by atoms with Gasteiger partial charge in [-0.15, -0.1) is 0 Å². The maximum Gasteiger partial charge on any atom is 0.325 e. The zero-order valence-electron chi connectivity index (χ0n) is 13.6. The van der Waals surface area contributed by atoms with Crippen molar-refractivity contribution in [3.8, 4) is 0 Å². The number of imide groups is 1. The molecule has 3 amide bonds. The number of nitrogens with one attached hydrogen (secondary N) is 1. The second-order valence-electron chi connectivity index (χ2n) is 6.07. The van der Waals surface area contributed by atoms with E-state index in [-0.39, 0.29) is 12.5 Å². The third kappa shape index (κ3) is 2.86. The van der Waals surface area contributed by atoms with Crippen molar-refractivity contribution in [1.29, 1.82) is 0 Å². The molecule has 1 aromatic rings. The first-order chi connectivity index (χ1) is 10.3. The smallest absolute Gasteiger partial charge is 0.325 e. The first-order valence-electron chi connectivity index (χ1n) is 7.73. The summed E-state index contributed by atoms with van der Waals surface area (Å²) >= 11 is 0. The van der Waals surface area contributed by atoms with Gasteiger partial charge in [0.05, 0.1) is 12.6 Å². The van der Waals surface area contributed by atoms with Gasteiger partial charge in [-0.25, -0.2) is 4.79 Å². The van der Waals surface area contributed by atoms with Crippen molar-refractivity contribution >= 4 is 11.9 Å². The van der Waals surface area contributed by atoms with Crippen LogP contribution in [0.25, 0.3) is 0 Å². The molecule has 5 nitrogen and oxygen atoms in total. The molecule has 0 aliphatic carbocycles. The van der Waals surface area contributed by atoms with E-state index in [0.717, 1.165) is 21.6 Å². The number of carbonyl (C=O) groups excluding carboxylic acids is 2. The molecule has 0 aromatic heterocycles. The predicted molar refractivity (Wildman–Crippen MR) is 84.4 cm³/mol.